The van der Waals surface area contributed by atoms with Gasteiger partial charge in [0.25, 0.3) is 5.56 Å². The first-order valence-electron chi connectivity index (χ1n) is 13.2. The third kappa shape index (κ3) is 5.26. The lowest BCUT2D eigenvalue weighted by atomic mass is 9.89. The van der Waals surface area contributed by atoms with Gasteiger partial charge in [-0.1, -0.05) is 42.5 Å². The number of hydrogen-bond donors (Lipinski definition) is 2. The van der Waals surface area contributed by atoms with Gasteiger partial charge in [-0.2, -0.15) is 0 Å². The van der Waals surface area contributed by atoms with Gasteiger partial charge in [0.05, 0.1) is 27.8 Å². The van der Waals surface area contributed by atoms with Crippen molar-refractivity contribution in [1.29, 1.82) is 0 Å². The van der Waals surface area contributed by atoms with Crippen molar-refractivity contribution in [2.75, 3.05) is 13.2 Å². The second-order valence-electron chi connectivity index (χ2n) is 9.87. The molecular formula is C31H25N3O7S. The summed E-state index contributed by atoms with van der Waals surface area (Å²) in [4.78, 5) is 59.2. The van der Waals surface area contributed by atoms with Crippen LogP contribution in [-0.4, -0.2) is 62.3 Å². The van der Waals surface area contributed by atoms with Crippen LogP contribution in [0, 0.1) is 5.92 Å². The standard InChI is InChI=1S/C31H25N3O7S/c35-19(16-40-20-8-2-1-3-9-20)14-23-29(37)34-26(31(38)39)18(17-42-30(23)34)15-41-25-13-7-5-11-22(25)27-32-24-12-6-4-10-21(24)28(36)33-27/h1-13,17,23,26,30H,14-16H2,(H,38,39)(H,32,33,36). The van der Waals surface area contributed by atoms with Crippen LogP contribution in [0.3, 0.4) is 0 Å². The van der Waals surface area contributed by atoms with Gasteiger partial charge < -0.3 is 24.5 Å². The molecule has 3 heterocycles. The average Bonchev–Trinajstić information content (AvgIpc) is 3.01. The first-order valence-corrected chi connectivity index (χ1v) is 14.1. The summed E-state index contributed by atoms with van der Waals surface area (Å²) in [6.07, 6.45) is -0.0316. The van der Waals surface area contributed by atoms with E-state index in [1.807, 2.05) is 6.07 Å². The molecule has 1 amide bonds. The van der Waals surface area contributed by atoms with Gasteiger partial charge >= 0.3 is 5.97 Å². The number of thioether (sulfide) groups is 1. The second-order valence-corrected chi connectivity index (χ2v) is 10.9. The number of nitrogens with zero attached hydrogens (tertiary/aromatic N) is 2. The Morgan fingerprint density at radius 1 is 0.952 bits per heavy atom. The Balaban J connectivity index is 1.16. The van der Waals surface area contributed by atoms with E-state index in [2.05, 4.69) is 9.97 Å². The lowest BCUT2D eigenvalue weighted by Crippen LogP contribution is -2.67. The number of rotatable bonds is 10. The van der Waals surface area contributed by atoms with Gasteiger partial charge in [0, 0.05) is 12.0 Å². The fraction of sp³-hybridized carbons (Fsp3) is 0.194. The van der Waals surface area contributed by atoms with Gasteiger partial charge in [-0.05, 0) is 41.8 Å². The summed E-state index contributed by atoms with van der Waals surface area (Å²) in [5.41, 5.74) is 1.17. The smallest absolute Gasteiger partial charge is 0.330 e. The largest absolute Gasteiger partial charge is 0.488 e. The Kier molecular flexibility index (Phi) is 7.49. The van der Waals surface area contributed by atoms with Crippen LogP contribution in [-0.2, 0) is 14.4 Å². The molecule has 1 aromatic heterocycles. The molecule has 42 heavy (non-hydrogen) atoms. The van der Waals surface area contributed by atoms with Crippen LogP contribution in [0.5, 0.6) is 11.5 Å². The van der Waals surface area contributed by atoms with Gasteiger partial charge in [0.1, 0.15) is 30.5 Å². The number of hydrogen-bond acceptors (Lipinski definition) is 8. The number of β-lactam (4-membered cyclic amide) rings is 1. The van der Waals surface area contributed by atoms with Crippen molar-refractivity contribution in [1.82, 2.24) is 14.9 Å². The predicted molar refractivity (Wildman–Crippen MR) is 156 cm³/mol. The molecule has 2 N–H and O–H groups in total. The van der Waals surface area contributed by atoms with E-state index in [9.17, 15) is 24.3 Å². The topological polar surface area (TPSA) is 139 Å². The lowest BCUT2D eigenvalue weighted by molar-refractivity contribution is -0.163. The van der Waals surface area contributed by atoms with Crippen LogP contribution in [0.25, 0.3) is 22.3 Å². The van der Waals surface area contributed by atoms with Crippen LogP contribution in [0.4, 0.5) is 0 Å². The van der Waals surface area contributed by atoms with Gasteiger partial charge in [0.2, 0.25) is 5.91 Å². The Bertz CT molecular complexity index is 1770. The third-order valence-electron chi connectivity index (χ3n) is 7.15. The first kappa shape index (κ1) is 27.3. The number of amides is 1. The number of nitrogens with one attached hydrogen (secondary N) is 1. The molecule has 6 rings (SSSR count). The predicted octanol–water partition coefficient (Wildman–Crippen LogP) is 3.88. The van der Waals surface area contributed by atoms with E-state index in [-0.39, 0.29) is 31.0 Å². The molecule has 11 heteroatoms. The molecule has 0 bridgehead atoms. The van der Waals surface area contributed by atoms with Gasteiger partial charge in [0.15, 0.2) is 11.8 Å². The number of H-pyrrole nitrogens is 1. The highest BCUT2D eigenvalue weighted by atomic mass is 32.2. The molecular weight excluding hydrogens is 558 g/mol. The van der Waals surface area contributed by atoms with Crippen LogP contribution in [0.15, 0.2) is 94.6 Å². The molecule has 212 valence electrons. The minimum Gasteiger partial charge on any atom is -0.488 e. The summed E-state index contributed by atoms with van der Waals surface area (Å²) in [5.74, 6) is -1.17. The molecule has 0 saturated carbocycles. The molecule has 0 aliphatic carbocycles. The maximum absolute atomic E-state index is 13.1. The Labute approximate surface area is 244 Å². The maximum atomic E-state index is 13.1. The molecule has 4 aromatic rings. The molecule has 1 fully saturated rings. The number of aliphatic carboxylic acids is 1. The highest BCUT2D eigenvalue weighted by Gasteiger charge is 2.55. The lowest BCUT2D eigenvalue weighted by Gasteiger charge is -2.51. The molecule has 3 unspecified atom stereocenters. The van der Waals surface area contributed by atoms with E-state index >= 15 is 0 Å². The van der Waals surface area contributed by atoms with Gasteiger partial charge in [-0.25, -0.2) is 9.78 Å². The van der Waals surface area contributed by atoms with Crippen molar-refractivity contribution >= 4 is 40.3 Å². The zero-order valence-electron chi connectivity index (χ0n) is 22.1. The van der Waals surface area contributed by atoms with Crippen molar-refractivity contribution in [3.63, 3.8) is 0 Å². The number of carbonyl (C=O) groups is 3. The number of Topliss-reactive ketones (excluding diaryl/α,β-unsaturated/α-hetero) is 1. The summed E-state index contributed by atoms with van der Waals surface area (Å²) < 4.78 is 11.6. The van der Waals surface area contributed by atoms with Crippen molar-refractivity contribution in [2.24, 2.45) is 5.92 Å². The quantitative estimate of drug-likeness (QED) is 0.266. The molecule has 1 saturated heterocycles. The molecule has 3 atom stereocenters. The number of carbonyl (C=O) groups excluding carboxylic acids is 2. The Hall–Kier alpha value is -4.90. The minimum atomic E-state index is -1.22. The number of carboxylic acids is 1. The fourth-order valence-corrected chi connectivity index (χ4v) is 6.38. The molecule has 0 spiro atoms. The molecule has 3 aromatic carbocycles. The number of aromatic nitrogens is 2. The minimum absolute atomic E-state index is 0.0316. The number of fused-ring (bicyclic) bond motifs is 2. The summed E-state index contributed by atoms with van der Waals surface area (Å²) in [7, 11) is 0. The highest BCUT2D eigenvalue weighted by Crippen LogP contribution is 2.45. The fourth-order valence-electron chi connectivity index (χ4n) is 5.11. The third-order valence-corrected chi connectivity index (χ3v) is 8.43. The Morgan fingerprint density at radius 2 is 1.69 bits per heavy atom. The van der Waals surface area contributed by atoms with E-state index in [0.717, 1.165) is 0 Å². The molecule has 0 radical (unpaired) electrons. The Morgan fingerprint density at radius 3 is 2.50 bits per heavy atom. The van der Waals surface area contributed by atoms with Gasteiger partial charge in [-0.3, -0.25) is 14.4 Å². The van der Waals surface area contributed by atoms with E-state index in [1.54, 1.807) is 78.2 Å². The van der Waals surface area contributed by atoms with Crippen LogP contribution < -0.4 is 15.0 Å². The molecule has 2 aliphatic heterocycles. The summed E-state index contributed by atoms with van der Waals surface area (Å²) in [6, 6.07) is 21.7. The first-order chi connectivity index (χ1) is 20.4. The van der Waals surface area contributed by atoms with Crippen LogP contribution >= 0.6 is 11.8 Å². The zero-order valence-corrected chi connectivity index (χ0v) is 23.0. The summed E-state index contributed by atoms with van der Waals surface area (Å²) in [6.45, 7) is -0.275. The second kappa shape index (κ2) is 11.5. The van der Waals surface area contributed by atoms with E-state index < -0.39 is 29.2 Å². The SMILES string of the molecule is O=C(COc1ccccc1)CC1C(=O)N2C(C(=O)O)C(COc3ccccc3-c3nc4ccccc4c(=O)[nH]3)=CSC12. The van der Waals surface area contributed by atoms with E-state index in [0.29, 0.717) is 39.4 Å². The van der Waals surface area contributed by atoms with Crippen molar-refractivity contribution in [3.8, 4) is 22.9 Å². The number of carboxylic acid groups (broad SMARTS) is 1. The van der Waals surface area contributed by atoms with E-state index in [1.165, 1.54) is 16.7 Å². The molecule has 10 nitrogen and oxygen atoms in total. The normalized spacial score (nSPS) is 19.4. The summed E-state index contributed by atoms with van der Waals surface area (Å²) in [5, 5.41) is 11.7. The zero-order chi connectivity index (χ0) is 29.2. The van der Waals surface area contributed by atoms with Crippen LogP contribution in [0.2, 0.25) is 0 Å². The molecule has 2 aliphatic rings. The number of ether oxygens (including phenoxy) is 2. The number of ketones is 1. The van der Waals surface area contributed by atoms with Gasteiger partial charge in [-0.15, -0.1) is 11.8 Å². The highest BCUT2D eigenvalue weighted by molar-refractivity contribution is 8.02. The number of para-hydroxylation sites is 3. The van der Waals surface area contributed by atoms with Crippen molar-refractivity contribution in [2.45, 2.75) is 17.8 Å². The van der Waals surface area contributed by atoms with Crippen molar-refractivity contribution in [3.05, 3.63) is 100 Å². The maximum Gasteiger partial charge on any atom is 0.330 e. The van der Waals surface area contributed by atoms with E-state index in [4.69, 9.17) is 9.47 Å². The number of benzene rings is 3. The average molecular weight is 584 g/mol. The van der Waals surface area contributed by atoms with Crippen molar-refractivity contribution < 1.29 is 29.0 Å². The summed E-state index contributed by atoms with van der Waals surface area (Å²) >= 11 is 1.30. The number of aromatic amines is 1. The monoisotopic (exact) mass is 583 g/mol. The van der Waals surface area contributed by atoms with Crippen LogP contribution in [0.1, 0.15) is 6.42 Å².